The molecule has 1 fully saturated rings. The molecule has 1 aliphatic rings. The Kier molecular flexibility index (Phi) is 6.49. The fourth-order valence-corrected chi connectivity index (χ4v) is 3.71. The number of hydrogen-bond acceptors (Lipinski definition) is 5. The first-order valence-corrected chi connectivity index (χ1v) is 9.43. The number of aryl methyl sites for hydroxylation is 1. The molecule has 1 amide bonds. The number of benzene rings is 2. The molecule has 0 saturated carbocycles. The zero-order chi connectivity index (χ0) is 21.0. The van der Waals surface area contributed by atoms with E-state index in [1.165, 1.54) is 31.4 Å². The molecule has 1 aliphatic heterocycles. The molecule has 0 aliphatic carbocycles. The largest absolute Gasteiger partial charge is 0.496 e. The second-order valence-corrected chi connectivity index (χ2v) is 7.19. The van der Waals surface area contributed by atoms with Crippen LogP contribution in [0.1, 0.15) is 27.9 Å². The number of amides is 1. The van der Waals surface area contributed by atoms with Crippen LogP contribution in [0.4, 0.5) is 4.39 Å². The lowest BCUT2D eigenvalue weighted by molar-refractivity contribution is -0.146. The van der Waals surface area contributed by atoms with Crippen LogP contribution in [-0.4, -0.2) is 49.6 Å². The first-order valence-electron chi connectivity index (χ1n) is 9.43. The van der Waals surface area contributed by atoms with Crippen LogP contribution in [0.3, 0.4) is 0 Å². The number of nitrogens with one attached hydrogen (secondary N) is 1. The summed E-state index contributed by atoms with van der Waals surface area (Å²) in [6, 6.07) is 10.6. The Morgan fingerprint density at radius 2 is 1.90 bits per heavy atom. The molecular weight excluding hydrogens is 375 g/mol. The molecule has 7 heteroatoms. The van der Waals surface area contributed by atoms with E-state index in [9.17, 15) is 14.0 Å². The van der Waals surface area contributed by atoms with Gasteiger partial charge in [0.1, 0.15) is 17.6 Å². The van der Waals surface area contributed by atoms with Crippen LogP contribution in [0.15, 0.2) is 42.5 Å². The zero-order valence-electron chi connectivity index (χ0n) is 16.8. The number of nitrogens with zero attached hydrogens (tertiary/aromatic N) is 1. The highest BCUT2D eigenvalue weighted by Crippen LogP contribution is 2.25. The van der Waals surface area contributed by atoms with Crippen molar-refractivity contribution in [1.82, 2.24) is 10.2 Å². The van der Waals surface area contributed by atoms with Crippen LogP contribution in [0, 0.1) is 12.7 Å². The summed E-state index contributed by atoms with van der Waals surface area (Å²) in [5.41, 5.74) is 2.44. The van der Waals surface area contributed by atoms with Gasteiger partial charge < -0.3 is 14.8 Å². The maximum atomic E-state index is 13.1. The number of esters is 1. The SMILES string of the molecule is COC(=O)[C@@H]1C[C@@H](NC(=O)c2ccc(F)cc2)CN1Cc1ccc(OC)c(C)c1. The molecular formula is C22H25FN2O4. The van der Waals surface area contributed by atoms with Crippen molar-refractivity contribution in [3.8, 4) is 5.75 Å². The molecule has 0 spiro atoms. The topological polar surface area (TPSA) is 67.9 Å². The number of halogens is 1. The van der Waals surface area contributed by atoms with Gasteiger partial charge in [0, 0.05) is 24.7 Å². The fraction of sp³-hybridized carbons (Fsp3) is 0.364. The van der Waals surface area contributed by atoms with E-state index in [1.807, 2.05) is 30.0 Å². The van der Waals surface area contributed by atoms with Gasteiger partial charge in [0.15, 0.2) is 0 Å². The molecule has 0 bridgehead atoms. The summed E-state index contributed by atoms with van der Waals surface area (Å²) in [5.74, 6) is -0.201. The Morgan fingerprint density at radius 3 is 2.52 bits per heavy atom. The molecule has 29 heavy (non-hydrogen) atoms. The van der Waals surface area contributed by atoms with Gasteiger partial charge in [0.25, 0.3) is 5.91 Å². The standard InChI is InChI=1S/C22H25FN2O4/c1-14-10-15(4-9-20(14)28-2)12-25-13-18(11-19(25)22(27)29-3)24-21(26)16-5-7-17(23)8-6-16/h4-10,18-19H,11-13H2,1-3H3,(H,24,26)/t18-,19+/m1/s1. The molecule has 0 unspecified atom stereocenters. The van der Waals surface area contributed by atoms with Gasteiger partial charge in [-0.25, -0.2) is 4.39 Å². The van der Waals surface area contributed by atoms with Crippen molar-refractivity contribution < 1.29 is 23.5 Å². The third kappa shape index (κ3) is 4.92. The summed E-state index contributed by atoms with van der Waals surface area (Å²) in [7, 11) is 2.99. The Hall–Kier alpha value is -2.93. The van der Waals surface area contributed by atoms with Gasteiger partial charge in [-0.3, -0.25) is 14.5 Å². The molecule has 6 nitrogen and oxygen atoms in total. The van der Waals surface area contributed by atoms with Crippen LogP contribution in [0.5, 0.6) is 5.75 Å². The average Bonchev–Trinajstić information content (AvgIpc) is 3.10. The second kappa shape index (κ2) is 9.05. The molecule has 154 valence electrons. The number of rotatable bonds is 6. The van der Waals surface area contributed by atoms with Crippen LogP contribution in [0.2, 0.25) is 0 Å². The maximum absolute atomic E-state index is 13.1. The predicted molar refractivity (Wildman–Crippen MR) is 106 cm³/mol. The van der Waals surface area contributed by atoms with Crippen molar-refractivity contribution in [1.29, 1.82) is 0 Å². The quantitative estimate of drug-likeness (QED) is 0.756. The Morgan fingerprint density at radius 1 is 1.17 bits per heavy atom. The first kappa shape index (κ1) is 20.8. The highest BCUT2D eigenvalue weighted by Gasteiger charge is 2.38. The van der Waals surface area contributed by atoms with Crippen LogP contribution in [-0.2, 0) is 16.1 Å². The number of ether oxygens (including phenoxy) is 2. The van der Waals surface area contributed by atoms with Gasteiger partial charge in [-0.2, -0.15) is 0 Å². The van der Waals surface area contributed by atoms with Gasteiger partial charge in [-0.1, -0.05) is 12.1 Å². The first-order chi connectivity index (χ1) is 13.9. The summed E-state index contributed by atoms with van der Waals surface area (Å²) >= 11 is 0. The minimum Gasteiger partial charge on any atom is -0.496 e. The lowest BCUT2D eigenvalue weighted by atomic mass is 10.1. The minimum absolute atomic E-state index is 0.212. The van der Waals surface area contributed by atoms with Gasteiger partial charge in [-0.05, 0) is 54.8 Å². The summed E-state index contributed by atoms with van der Waals surface area (Å²) in [5, 5.41) is 2.94. The van der Waals surface area contributed by atoms with Crippen molar-refractivity contribution in [3.63, 3.8) is 0 Å². The molecule has 0 aromatic heterocycles. The number of methoxy groups -OCH3 is 2. The normalized spacial score (nSPS) is 19.0. The molecule has 1 saturated heterocycles. The predicted octanol–water partition coefficient (Wildman–Crippen LogP) is 2.69. The van der Waals surface area contributed by atoms with E-state index in [4.69, 9.17) is 9.47 Å². The lowest BCUT2D eigenvalue weighted by Gasteiger charge is -2.22. The second-order valence-electron chi connectivity index (χ2n) is 7.19. The minimum atomic E-state index is -0.444. The van der Waals surface area contributed by atoms with Crippen molar-refractivity contribution in [3.05, 3.63) is 65.0 Å². The lowest BCUT2D eigenvalue weighted by Crippen LogP contribution is -2.37. The van der Waals surface area contributed by atoms with E-state index in [-0.39, 0.29) is 17.9 Å². The van der Waals surface area contributed by atoms with Crippen LogP contribution in [0.25, 0.3) is 0 Å². The highest BCUT2D eigenvalue weighted by atomic mass is 19.1. The van der Waals surface area contributed by atoms with E-state index in [2.05, 4.69) is 5.32 Å². The van der Waals surface area contributed by atoms with Crippen molar-refractivity contribution in [2.75, 3.05) is 20.8 Å². The van der Waals surface area contributed by atoms with E-state index in [1.54, 1.807) is 7.11 Å². The summed E-state index contributed by atoms with van der Waals surface area (Å²) < 4.78 is 23.3. The summed E-state index contributed by atoms with van der Waals surface area (Å²) in [6.07, 6.45) is 0.453. The van der Waals surface area contributed by atoms with Crippen LogP contribution < -0.4 is 10.1 Å². The third-order valence-electron chi connectivity index (χ3n) is 5.16. The Labute approximate surface area is 169 Å². The van der Waals surface area contributed by atoms with Crippen molar-refractivity contribution in [2.45, 2.75) is 32.0 Å². The van der Waals surface area contributed by atoms with Gasteiger partial charge in [0.2, 0.25) is 0 Å². The van der Waals surface area contributed by atoms with Gasteiger partial charge >= 0.3 is 5.97 Å². The Bertz CT molecular complexity index is 885. The summed E-state index contributed by atoms with van der Waals surface area (Å²) in [6.45, 7) is 3.03. The monoisotopic (exact) mass is 400 g/mol. The number of likely N-dealkylation sites (tertiary alicyclic amines) is 1. The molecule has 0 radical (unpaired) electrons. The zero-order valence-corrected chi connectivity index (χ0v) is 16.8. The average molecular weight is 400 g/mol. The van der Waals surface area contributed by atoms with Gasteiger partial charge in [0.05, 0.1) is 14.2 Å². The molecule has 3 rings (SSSR count). The number of carbonyl (C=O) groups excluding carboxylic acids is 2. The Balaban J connectivity index is 1.71. The van der Waals surface area contributed by atoms with E-state index in [0.29, 0.717) is 25.1 Å². The highest BCUT2D eigenvalue weighted by molar-refractivity contribution is 5.94. The maximum Gasteiger partial charge on any atom is 0.323 e. The molecule has 1 heterocycles. The van der Waals surface area contributed by atoms with Gasteiger partial charge in [-0.15, -0.1) is 0 Å². The number of hydrogen-bond donors (Lipinski definition) is 1. The van der Waals surface area contributed by atoms with E-state index < -0.39 is 11.9 Å². The van der Waals surface area contributed by atoms with E-state index >= 15 is 0 Å². The molecule has 2 aromatic carbocycles. The van der Waals surface area contributed by atoms with Crippen molar-refractivity contribution >= 4 is 11.9 Å². The fourth-order valence-electron chi connectivity index (χ4n) is 3.71. The molecule has 2 atom stereocenters. The number of carbonyl (C=O) groups is 2. The molecule has 2 aromatic rings. The van der Waals surface area contributed by atoms with Crippen molar-refractivity contribution in [2.24, 2.45) is 0 Å². The van der Waals surface area contributed by atoms with E-state index in [0.717, 1.165) is 16.9 Å². The van der Waals surface area contributed by atoms with Crippen LogP contribution >= 0.6 is 0 Å². The summed E-state index contributed by atoms with van der Waals surface area (Å²) in [4.78, 5) is 26.7. The smallest absolute Gasteiger partial charge is 0.323 e. The molecule has 1 N–H and O–H groups in total. The third-order valence-corrected chi connectivity index (χ3v) is 5.16.